The molecule has 1 aliphatic rings. The van der Waals surface area contributed by atoms with E-state index in [2.05, 4.69) is 23.5 Å². The number of nitrogens with one attached hydrogen (secondary N) is 1. The topological polar surface area (TPSA) is 12.0 Å². The van der Waals surface area contributed by atoms with E-state index in [4.69, 9.17) is 0 Å². The minimum Gasteiger partial charge on any atom is -0.385 e. The molecule has 0 spiro atoms. The van der Waals surface area contributed by atoms with Gasteiger partial charge in [-0.1, -0.05) is 24.3 Å². The van der Waals surface area contributed by atoms with Gasteiger partial charge in [0.15, 0.2) is 0 Å². The van der Waals surface area contributed by atoms with Gasteiger partial charge in [-0.15, -0.1) is 0 Å². The molecule has 3 rings (SSSR count). The van der Waals surface area contributed by atoms with Gasteiger partial charge < -0.3 is 5.32 Å². The third-order valence-electron chi connectivity index (χ3n) is 3.70. The number of hydrogen-bond acceptors (Lipinski definition) is 1. The Balaban J connectivity index is 1.70. The van der Waals surface area contributed by atoms with Crippen LogP contribution >= 0.6 is 0 Å². The van der Waals surface area contributed by atoms with Crippen molar-refractivity contribution in [1.82, 2.24) is 0 Å². The minimum atomic E-state index is -0.146. The molecule has 0 unspecified atom stereocenters. The third-order valence-corrected chi connectivity index (χ3v) is 3.70. The van der Waals surface area contributed by atoms with Crippen molar-refractivity contribution in [2.75, 3.05) is 11.9 Å². The largest absolute Gasteiger partial charge is 0.385 e. The van der Waals surface area contributed by atoms with Gasteiger partial charge in [0.05, 0.1) is 0 Å². The predicted molar refractivity (Wildman–Crippen MR) is 77.1 cm³/mol. The Kier molecular flexibility index (Phi) is 3.49. The Morgan fingerprint density at radius 2 is 1.84 bits per heavy atom. The van der Waals surface area contributed by atoms with E-state index in [1.54, 1.807) is 12.1 Å². The summed E-state index contributed by atoms with van der Waals surface area (Å²) < 4.78 is 13.1. The first-order valence-electron chi connectivity index (χ1n) is 6.91. The summed E-state index contributed by atoms with van der Waals surface area (Å²) in [6.45, 7) is 1.08. The first-order valence-corrected chi connectivity index (χ1v) is 6.91. The number of hydrogen-bond donors (Lipinski definition) is 1. The SMILES string of the molecule is Fc1cccc(CCc2ccc3c(c2)CCCN3)c1. The molecule has 0 fully saturated rings. The minimum absolute atomic E-state index is 0.146. The molecule has 0 aromatic heterocycles. The van der Waals surface area contributed by atoms with Crippen LogP contribution < -0.4 is 5.32 Å². The molecule has 2 aromatic rings. The summed E-state index contributed by atoms with van der Waals surface area (Å²) in [5.41, 5.74) is 5.10. The van der Waals surface area contributed by atoms with Gasteiger partial charge in [-0.2, -0.15) is 0 Å². The van der Waals surface area contributed by atoms with Crippen LogP contribution in [-0.4, -0.2) is 6.54 Å². The smallest absolute Gasteiger partial charge is 0.123 e. The van der Waals surface area contributed by atoms with Gasteiger partial charge in [0.25, 0.3) is 0 Å². The van der Waals surface area contributed by atoms with E-state index in [1.165, 1.54) is 29.3 Å². The average Bonchev–Trinajstić information content (AvgIpc) is 2.45. The zero-order valence-electron chi connectivity index (χ0n) is 11.0. The molecule has 0 radical (unpaired) electrons. The van der Waals surface area contributed by atoms with Gasteiger partial charge >= 0.3 is 0 Å². The maximum absolute atomic E-state index is 13.1. The van der Waals surface area contributed by atoms with E-state index < -0.39 is 0 Å². The van der Waals surface area contributed by atoms with E-state index in [0.717, 1.165) is 31.4 Å². The van der Waals surface area contributed by atoms with Crippen LogP contribution in [0.1, 0.15) is 23.1 Å². The van der Waals surface area contributed by atoms with Crippen LogP contribution in [-0.2, 0) is 19.3 Å². The highest BCUT2D eigenvalue weighted by Gasteiger charge is 2.08. The molecule has 0 saturated heterocycles. The van der Waals surface area contributed by atoms with E-state index in [0.29, 0.717) is 0 Å². The lowest BCUT2D eigenvalue weighted by atomic mass is 9.97. The number of benzene rings is 2. The second-order valence-corrected chi connectivity index (χ2v) is 5.15. The average molecular weight is 255 g/mol. The molecule has 0 saturated carbocycles. The number of rotatable bonds is 3. The Labute approximate surface area is 113 Å². The Bertz CT molecular complexity index is 577. The monoisotopic (exact) mass is 255 g/mol. The number of fused-ring (bicyclic) bond motifs is 1. The lowest BCUT2D eigenvalue weighted by Gasteiger charge is -2.18. The highest BCUT2D eigenvalue weighted by molar-refractivity contribution is 5.54. The molecule has 0 bridgehead atoms. The lowest BCUT2D eigenvalue weighted by Crippen LogP contribution is -2.11. The lowest BCUT2D eigenvalue weighted by molar-refractivity contribution is 0.625. The Hall–Kier alpha value is -1.83. The van der Waals surface area contributed by atoms with Crippen molar-refractivity contribution in [2.24, 2.45) is 0 Å². The van der Waals surface area contributed by atoms with Gasteiger partial charge in [-0.3, -0.25) is 0 Å². The van der Waals surface area contributed by atoms with Crippen molar-refractivity contribution in [3.63, 3.8) is 0 Å². The van der Waals surface area contributed by atoms with Crippen LogP contribution in [0.2, 0.25) is 0 Å². The van der Waals surface area contributed by atoms with Crippen LogP contribution in [0.3, 0.4) is 0 Å². The van der Waals surface area contributed by atoms with Crippen LogP contribution in [0.4, 0.5) is 10.1 Å². The molecular formula is C17H18FN. The third kappa shape index (κ3) is 2.95. The molecule has 1 N–H and O–H groups in total. The van der Waals surface area contributed by atoms with Crippen LogP contribution in [0.5, 0.6) is 0 Å². The van der Waals surface area contributed by atoms with E-state index >= 15 is 0 Å². The Morgan fingerprint density at radius 3 is 2.68 bits per heavy atom. The van der Waals surface area contributed by atoms with Crippen LogP contribution in [0.25, 0.3) is 0 Å². The van der Waals surface area contributed by atoms with Crippen LogP contribution in [0, 0.1) is 5.82 Å². The normalized spacial score (nSPS) is 13.7. The molecule has 2 aromatic carbocycles. The molecule has 1 aliphatic heterocycles. The molecule has 1 nitrogen and oxygen atoms in total. The quantitative estimate of drug-likeness (QED) is 0.875. The highest BCUT2D eigenvalue weighted by atomic mass is 19.1. The highest BCUT2D eigenvalue weighted by Crippen LogP contribution is 2.23. The summed E-state index contributed by atoms with van der Waals surface area (Å²) >= 11 is 0. The van der Waals surface area contributed by atoms with Crippen molar-refractivity contribution < 1.29 is 4.39 Å². The van der Waals surface area contributed by atoms with E-state index in [9.17, 15) is 4.39 Å². The van der Waals surface area contributed by atoms with Crippen molar-refractivity contribution in [3.8, 4) is 0 Å². The molecular weight excluding hydrogens is 237 g/mol. The van der Waals surface area contributed by atoms with Crippen molar-refractivity contribution in [1.29, 1.82) is 0 Å². The van der Waals surface area contributed by atoms with E-state index in [-0.39, 0.29) is 5.82 Å². The van der Waals surface area contributed by atoms with Gasteiger partial charge in [0, 0.05) is 12.2 Å². The summed E-state index contributed by atoms with van der Waals surface area (Å²) in [6.07, 6.45) is 4.23. The molecule has 19 heavy (non-hydrogen) atoms. The van der Waals surface area contributed by atoms with Gasteiger partial charge in [0.2, 0.25) is 0 Å². The maximum Gasteiger partial charge on any atom is 0.123 e. The van der Waals surface area contributed by atoms with Gasteiger partial charge in [-0.05, 0) is 60.6 Å². The zero-order valence-corrected chi connectivity index (χ0v) is 11.0. The number of anilines is 1. The number of halogens is 1. The second-order valence-electron chi connectivity index (χ2n) is 5.15. The summed E-state index contributed by atoms with van der Waals surface area (Å²) in [6, 6.07) is 13.5. The fourth-order valence-corrected chi connectivity index (χ4v) is 2.66. The maximum atomic E-state index is 13.1. The van der Waals surface area contributed by atoms with Gasteiger partial charge in [-0.25, -0.2) is 4.39 Å². The summed E-state index contributed by atoms with van der Waals surface area (Å²) in [7, 11) is 0. The summed E-state index contributed by atoms with van der Waals surface area (Å²) in [4.78, 5) is 0. The zero-order chi connectivity index (χ0) is 13.1. The fourth-order valence-electron chi connectivity index (χ4n) is 2.66. The van der Waals surface area contributed by atoms with Crippen LogP contribution in [0.15, 0.2) is 42.5 Å². The molecule has 1 heterocycles. The first kappa shape index (κ1) is 12.2. The second kappa shape index (κ2) is 5.43. The fraction of sp³-hybridized carbons (Fsp3) is 0.294. The van der Waals surface area contributed by atoms with Crippen molar-refractivity contribution >= 4 is 5.69 Å². The predicted octanol–water partition coefficient (Wildman–Crippen LogP) is 3.97. The standard InChI is InChI=1S/C17H18FN/c18-16-5-1-3-13(12-16)6-7-14-8-9-17-15(11-14)4-2-10-19-17/h1,3,5,8-9,11-12,19H,2,4,6-7,10H2. The number of aryl methyl sites for hydroxylation is 3. The molecule has 0 amide bonds. The molecule has 2 heteroatoms. The Morgan fingerprint density at radius 1 is 1.00 bits per heavy atom. The van der Waals surface area contributed by atoms with Crippen molar-refractivity contribution in [3.05, 3.63) is 65.0 Å². The van der Waals surface area contributed by atoms with Crippen molar-refractivity contribution in [2.45, 2.75) is 25.7 Å². The summed E-state index contributed by atoms with van der Waals surface area (Å²) in [5, 5.41) is 3.42. The molecule has 0 atom stereocenters. The first-order chi connectivity index (χ1) is 9.31. The van der Waals surface area contributed by atoms with Gasteiger partial charge in [0.1, 0.15) is 5.82 Å². The molecule has 0 aliphatic carbocycles. The van der Waals surface area contributed by atoms with E-state index in [1.807, 2.05) is 6.07 Å². The summed E-state index contributed by atoms with van der Waals surface area (Å²) in [5.74, 6) is -0.146. The molecule has 98 valence electrons.